The number of rotatable bonds is 5. The number of hydrogen-bond acceptors (Lipinski definition) is 7. The maximum absolute atomic E-state index is 14.6. The third-order valence-corrected chi connectivity index (χ3v) is 12.0. The van der Waals surface area contributed by atoms with Crippen LogP contribution in [0.15, 0.2) is 30.6 Å². The Hall–Kier alpha value is -2.87. The average Bonchev–Trinajstić information content (AvgIpc) is 3.62. The van der Waals surface area contributed by atoms with E-state index >= 15 is 0 Å². The van der Waals surface area contributed by atoms with E-state index in [-0.39, 0.29) is 34.9 Å². The number of anilines is 1. The van der Waals surface area contributed by atoms with Crippen LogP contribution >= 0.6 is 0 Å². The van der Waals surface area contributed by atoms with Crippen molar-refractivity contribution in [3.63, 3.8) is 0 Å². The zero-order valence-electron chi connectivity index (χ0n) is 23.4. The van der Waals surface area contributed by atoms with Crippen LogP contribution in [-0.4, -0.2) is 83.2 Å². The summed E-state index contributed by atoms with van der Waals surface area (Å²) in [6.45, 7) is 4.04. The summed E-state index contributed by atoms with van der Waals surface area (Å²) in [5.41, 5.74) is 3.01. The highest BCUT2D eigenvalue weighted by Crippen LogP contribution is 2.71. The fraction of sp³-hybridized carbons (Fsp3) is 0.656. The molecule has 4 bridgehead atoms. The van der Waals surface area contributed by atoms with Crippen LogP contribution < -0.4 is 14.4 Å². The van der Waals surface area contributed by atoms with Crippen molar-refractivity contribution in [2.45, 2.75) is 87.4 Å². The molecule has 210 valence electrons. The summed E-state index contributed by atoms with van der Waals surface area (Å²) in [5.74, 6) is 3.63. The van der Waals surface area contributed by atoms with Crippen molar-refractivity contribution in [1.82, 2.24) is 19.8 Å². The van der Waals surface area contributed by atoms with Gasteiger partial charge >= 0.3 is 0 Å². The zero-order chi connectivity index (χ0) is 26.6. The molecule has 8 aliphatic rings. The summed E-state index contributed by atoms with van der Waals surface area (Å²) >= 11 is 0. The topological polar surface area (TPSA) is 71.0 Å². The first-order chi connectivity index (χ1) is 19.6. The molecule has 8 heteroatoms. The van der Waals surface area contributed by atoms with Gasteiger partial charge in [-0.25, -0.2) is 9.97 Å². The van der Waals surface area contributed by atoms with Gasteiger partial charge in [-0.2, -0.15) is 0 Å². The lowest BCUT2D eigenvalue weighted by molar-refractivity contribution is -0.145. The van der Waals surface area contributed by atoms with Crippen LogP contribution in [0.25, 0.3) is 0 Å². The van der Waals surface area contributed by atoms with Gasteiger partial charge in [-0.1, -0.05) is 6.07 Å². The third kappa shape index (κ3) is 2.93. The number of likely N-dealkylation sites (tertiary alicyclic amines) is 1. The largest absolute Gasteiger partial charge is 0.493 e. The minimum atomic E-state index is -0.198. The Morgan fingerprint density at radius 1 is 1.07 bits per heavy atom. The molecule has 1 aromatic heterocycles. The van der Waals surface area contributed by atoms with Crippen molar-refractivity contribution in [2.24, 2.45) is 11.3 Å². The smallest absolute Gasteiger partial charge is 0.245 e. The van der Waals surface area contributed by atoms with Gasteiger partial charge in [0.15, 0.2) is 11.5 Å². The van der Waals surface area contributed by atoms with Crippen molar-refractivity contribution < 1.29 is 14.3 Å². The Morgan fingerprint density at radius 3 is 2.77 bits per heavy atom. The van der Waals surface area contributed by atoms with Crippen LogP contribution in [0.5, 0.6) is 11.5 Å². The van der Waals surface area contributed by atoms with Crippen LogP contribution in [0.1, 0.15) is 62.5 Å². The number of ether oxygens (including phenoxy) is 2. The number of carbonyl (C=O) groups is 1. The van der Waals surface area contributed by atoms with Crippen molar-refractivity contribution in [1.29, 1.82) is 0 Å². The van der Waals surface area contributed by atoms with E-state index in [1.54, 1.807) is 19.5 Å². The van der Waals surface area contributed by atoms with E-state index in [0.29, 0.717) is 12.0 Å². The Morgan fingerprint density at radius 2 is 1.95 bits per heavy atom. The molecule has 4 saturated heterocycles. The first-order valence-electron chi connectivity index (χ1n) is 15.6. The van der Waals surface area contributed by atoms with E-state index in [9.17, 15) is 4.79 Å². The molecule has 2 saturated carbocycles. The quantitative estimate of drug-likeness (QED) is 0.573. The molecule has 2 aromatic rings. The van der Waals surface area contributed by atoms with Crippen LogP contribution in [0.4, 0.5) is 5.95 Å². The molecule has 0 unspecified atom stereocenters. The molecule has 6 fully saturated rings. The van der Waals surface area contributed by atoms with Gasteiger partial charge in [0.25, 0.3) is 0 Å². The third-order valence-electron chi connectivity index (χ3n) is 12.0. The normalized spacial score (nSPS) is 37.2. The van der Waals surface area contributed by atoms with E-state index in [1.807, 2.05) is 6.07 Å². The molecule has 0 N–H and O–H groups in total. The molecule has 5 aliphatic heterocycles. The Bertz CT molecular complexity index is 1370. The summed E-state index contributed by atoms with van der Waals surface area (Å²) in [7, 11) is 1.76. The number of methoxy groups -OCH3 is 1. The second-order valence-corrected chi connectivity index (χ2v) is 13.5. The molecule has 1 amide bonds. The van der Waals surface area contributed by atoms with E-state index in [2.05, 4.69) is 36.8 Å². The predicted molar refractivity (Wildman–Crippen MR) is 150 cm³/mol. The molecule has 3 aliphatic carbocycles. The van der Waals surface area contributed by atoms with Gasteiger partial charge in [-0.05, 0) is 87.9 Å². The number of carbonyl (C=O) groups excluding carboxylic acids is 1. The second-order valence-electron chi connectivity index (χ2n) is 13.5. The highest BCUT2D eigenvalue weighted by atomic mass is 16.5. The van der Waals surface area contributed by atoms with Gasteiger partial charge in [0.1, 0.15) is 12.1 Å². The molecule has 6 atom stereocenters. The lowest BCUT2D eigenvalue weighted by atomic mass is 9.42. The minimum absolute atomic E-state index is 0.00791. The van der Waals surface area contributed by atoms with Crippen LogP contribution in [0.2, 0.25) is 0 Å². The van der Waals surface area contributed by atoms with E-state index in [4.69, 9.17) is 9.47 Å². The highest BCUT2D eigenvalue weighted by molar-refractivity contribution is 5.86. The van der Waals surface area contributed by atoms with E-state index in [0.717, 1.165) is 75.6 Å². The number of benzene rings is 1. The average molecular weight is 542 g/mol. The molecule has 8 nitrogen and oxygen atoms in total. The Balaban J connectivity index is 1.14. The predicted octanol–water partition coefficient (Wildman–Crippen LogP) is 3.57. The minimum Gasteiger partial charge on any atom is -0.493 e. The summed E-state index contributed by atoms with van der Waals surface area (Å²) in [5, 5.41) is 0. The summed E-state index contributed by atoms with van der Waals surface area (Å²) in [6.07, 6.45) is 13.7. The maximum atomic E-state index is 14.6. The zero-order valence-corrected chi connectivity index (χ0v) is 23.4. The van der Waals surface area contributed by atoms with Crippen molar-refractivity contribution >= 4 is 11.9 Å². The van der Waals surface area contributed by atoms with Crippen molar-refractivity contribution in [3.8, 4) is 11.5 Å². The summed E-state index contributed by atoms with van der Waals surface area (Å²) < 4.78 is 13.0. The summed E-state index contributed by atoms with van der Waals surface area (Å²) in [6, 6.07) is 6.69. The summed E-state index contributed by atoms with van der Waals surface area (Å²) in [4.78, 5) is 30.9. The monoisotopic (exact) mass is 541 g/mol. The second kappa shape index (κ2) is 8.34. The van der Waals surface area contributed by atoms with Gasteiger partial charge in [0.2, 0.25) is 11.9 Å². The lowest BCUT2D eigenvalue weighted by Gasteiger charge is -2.66. The van der Waals surface area contributed by atoms with Gasteiger partial charge in [-0.3, -0.25) is 9.69 Å². The van der Waals surface area contributed by atoms with Crippen molar-refractivity contribution in [3.05, 3.63) is 41.7 Å². The van der Waals surface area contributed by atoms with Crippen LogP contribution in [-0.2, 0) is 16.6 Å². The Kier molecular flexibility index (Phi) is 4.96. The number of hydrogen-bond donors (Lipinski definition) is 0. The van der Waals surface area contributed by atoms with E-state index in [1.165, 1.54) is 36.9 Å². The van der Waals surface area contributed by atoms with Gasteiger partial charge in [0.05, 0.1) is 13.2 Å². The highest BCUT2D eigenvalue weighted by Gasteiger charge is 2.74. The van der Waals surface area contributed by atoms with Gasteiger partial charge < -0.3 is 19.3 Å². The first kappa shape index (κ1) is 23.8. The molecule has 6 heterocycles. The molecule has 10 rings (SSSR count). The molecule has 2 spiro atoms. The number of nitrogens with zero attached hydrogens (tertiary/aromatic N) is 5. The molecular formula is C32H39N5O3. The standard InChI is InChI=1S/C32H39N5O3/c1-39-24-8-7-21-18-25-31-10-9-22(28-32(31,26(21)27(24)40-28)12-16-35(25)19-20-5-6-20)36(17-11-31)29(38)23-4-2-15-37(23)30-33-13-3-14-34-30/h3,7-8,13-14,20,22-23,25,28H,2,4-6,9-12,15-19H2,1H3/t22-,23+,25+,28-,31+,32-/m0/s1. The first-order valence-corrected chi connectivity index (χ1v) is 15.6. The SMILES string of the molecule is COc1ccc2c3c1O[C@H]1[C@@H]4CC[C@@]5(CCN4C(=O)[C@H]4CCCN4c4ncccn4)[C@@H](C2)N(CC2CC2)CC[C@]315. The number of piperidine rings is 1. The van der Waals surface area contributed by atoms with Crippen LogP contribution in [0, 0.1) is 11.3 Å². The fourth-order valence-electron chi connectivity index (χ4n) is 10.3. The number of fused-ring (bicyclic) bond motifs is 3. The maximum Gasteiger partial charge on any atom is 0.245 e. The molecule has 40 heavy (non-hydrogen) atoms. The van der Waals surface area contributed by atoms with Crippen molar-refractivity contribution in [2.75, 3.05) is 38.2 Å². The van der Waals surface area contributed by atoms with E-state index < -0.39 is 0 Å². The lowest BCUT2D eigenvalue weighted by Crippen LogP contribution is -2.73. The number of amides is 1. The number of aromatic nitrogens is 2. The molecular weight excluding hydrogens is 502 g/mol. The van der Waals surface area contributed by atoms with Gasteiger partial charge in [0, 0.05) is 54.5 Å². The van der Waals surface area contributed by atoms with Crippen LogP contribution in [0.3, 0.4) is 0 Å². The Labute approximate surface area is 236 Å². The fourth-order valence-corrected chi connectivity index (χ4v) is 10.3. The molecule has 1 aromatic carbocycles. The van der Waals surface area contributed by atoms with Gasteiger partial charge in [-0.15, -0.1) is 0 Å². The molecule has 0 radical (unpaired) electrons.